The summed E-state index contributed by atoms with van der Waals surface area (Å²) in [4.78, 5) is 5.68. The van der Waals surface area contributed by atoms with Crippen LogP contribution in [0.2, 0.25) is 0 Å². The summed E-state index contributed by atoms with van der Waals surface area (Å²) in [5.74, 6) is -0.152. The maximum atomic E-state index is 13.7. The quantitative estimate of drug-likeness (QED) is 0.925. The summed E-state index contributed by atoms with van der Waals surface area (Å²) < 4.78 is 19.6. The van der Waals surface area contributed by atoms with Crippen LogP contribution in [0.3, 0.4) is 0 Å². The molecule has 2 heterocycles. The molecule has 0 radical (unpaired) electrons. The molecule has 0 saturated carbocycles. The lowest BCUT2D eigenvalue weighted by molar-refractivity contribution is -0.0573. The summed E-state index contributed by atoms with van der Waals surface area (Å²) in [6.07, 6.45) is 2.67. The lowest BCUT2D eigenvalue weighted by atomic mass is 9.94. The topological polar surface area (TPSA) is 45.6 Å². The van der Waals surface area contributed by atoms with E-state index in [-0.39, 0.29) is 5.82 Å². The van der Waals surface area contributed by atoms with Crippen LogP contribution in [0.4, 0.5) is 10.2 Å². The van der Waals surface area contributed by atoms with Crippen molar-refractivity contribution in [2.45, 2.75) is 18.4 Å². The van der Waals surface area contributed by atoms with E-state index in [2.05, 4.69) is 20.9 Å². The van der Waals surface area contributed by atoms with E-state index in [4.69, 9.17) is 4.74 Å². The average Bonchev–Trinajstić information content (AvgIpc) is 2.28. The molecule has 1 aliphatic rings. The highest BCUT2D eigenvalue weighted by Crippen LogP contribution is 2.25. The maximum Gasteiger partial charge on any atom is 0.166 e. The molecule has 1 fully saturated rings. The molecule has 0 amide bonds. The molecule has 1 N–H and O–H groups in total. The molecule has 0 bridgehead atoms. The summed E-state index contributed by atoms with van der Waals surface area (Å²) in [6, 6.07) is 1.37. The van der Waals surface area contributed by atoms with E-state index < -0.39 is 11.4 Å². The van der Waals surface area contributed by atoms with Crippen molar-refractivity contribution in [3.63, 3.8) is 0 Å². The molecule has 2 rings (SSSR count). The van der Waals surface area contributed by atoms with Crippen molar-refractivity contribution in [1.82, 2.24) is 4.98 Å². The summed E-state index contributed by atoms with van der Waals surface area (Å²) >= 11 is 3.17. The molecule has 1 aromatic heterocycles. The predicted molar refractivity (Wildman–Crippen MR) is 70.2 cm³/mol. The van der Waals surface area contributed by atoms with Gasteiger partial charge in [0.05, 0.1) is 5.60 Å². The Hall–Kier alpha value is -0.720. The fraction of sp³-hybridized carbons (Fsp3) is 0.583. The van der Waals surface area contributed by atoms with E-state index in [1.165, 1.54) is 6.07 Å². The number of rotatable bonds is 3. The maximum absolute atomic E-state index is 13.7. The Kier molecular flexibility index (Phi) is 4.19. The van der Waals surface area contributed by atoms with Gasteiger partial charge >= 0.3 is 0 Å². The van der Waals surface area contributed by atoms with Gasteiger partial charge in [0.1, 0.15) is 0 Å². The third-order valence-corrected chi connectivity index (χ3v) is 3.54. The first-order chi connectivity index (χ1) is 8.50. The monoisotopic (exact) mass is 318 g/mol. The predicted octanol–water partition coefficient (Wildman–Crippen LogP) is 1.96. The first-order valence-electron chi connectivity index (χ1n) is 5.82. The number of anilines is 1. The van der Waals surface area contributed by atoms with Gasteiger partial charge in [-0.2, -0.15) is 0 Å². The summed E-state index contributed by atoms with van der Waals surface area (Å²) in [6.45, 7) is 1.43. The standard InChI is InChI=1S/C12H16BrFN2O2/c1-16(8-12(17)2-4-18-5-3-12)11-10(14)6-9(13)7-15-11/h6-7,17H,2-5,8H2,1H3. The van der Waals surface area contributed by atoms with Crippen molar-refractivity contribution < 1.29 is 14.2 Å². The number of nitrogens with zero attached hydrogens (tertiary/aromatic N) is 2. The van der Waals surface area contributed by atoms with Crippen molar-refractivity contribution in [1.29, 1.82) is 0 Å². The van der Waals surface area contributed by atoms with Crippen LogP contribution >= 0.6 is 15.9 Å². The smallest absolute Gasteiger partial charge is 0.166 e. The minimum absolute atomic E-state index is 0.248. The van der Waals surface area contributed by atoms with E-state index in [0.29, 0.717) is 37.1 Å². The molecule has 18 heavy (non-hydrogen) atoms. The van der Waals surface area contributed by atoms with Crippen LogP contribution < -0.4 is 4.90 Å². The summed E-state index contributed by atoms with van der Waals surface area (Å²) in [7, 11) is 1.73. The Balaban J connectivity index is 2.08. The molecule has 0 aliphatic carbocycles. The summed E-state index contributed by atoms with van der Waals surface area (Å²) in [5, 5.41) is 10.4. The van der Waals surface area contributed by atoms with E-state index in [1.807, 2.05) is 0 Å². The van der Waals surface area contributed by atoms with Crippen molar-refractivity contribution in [2.75, 3.05) is 31.7 Å². The molecule has 0 aromatic carbocycles. The molecule has 1 aromatic rings. The molecule has 0 unspecified atom stereocenters. The van der Waals surface area contributed by atoms with Gasteiger partial charge < -0.3 is 14.7 Å². The minimum Gasteiger partial charge on any atom is -0.388 e. The molecule has 0 spiro atoms. The average molecular weight is 319 g/mol. The van der Waals surface area contributed by atoms with Gasteiger partial charge in [0, 0.05) is 50.3 Å². The largest absolute Gasteiger partial charge is 0.388 e. The number of aromatic nitrogens is 1. The van der Waals surface area contributed by atoms with Gasteiger partial charge in [-0.15, -0.1) is 0 Å². The second-order valence-corrected chi connectivity index (χ2v) is 5.57. The summed E-state index contributed by atoms with van der Waals surface area (Å²) in [5.41, 5.74) is -0.825. The zero-order valence-corrected chi connectivity index (χ0v) is 11.8. The van der Waals surface area contributed by atoms with E-state index >= 15 is 0 Å². The minimum atomic E-state index is -0.825. The number of hydrogen-bond donors (Lipinski definition) is 1. The van der Waals surface area contributed by atoms with Gasteiger partial charge in [0.25, 0.3) is 0 Å². The van der Waals surface area contributed by atoms with Crippen LogP contribution in [0, 0.1) is 5.82 Å². The molecule has 6 heteroatoms. The number of likely N-dealkylation sites (N-methyl/N-ethyl adjacent to an activating group) is 1. The second-order valence-electron chi connectivity index (χ2n) is 4.65. The highest BCUT2D eigenvalue weighted by Gasteiger charge is 2.32. The Morgan fingerprint density at radius 3 is 2.83 bits per heavy atom. The van der Waals surface area contributed by atoms with Crippen LogP contribution in [-0.4, -0.2) is 42.5 Å². The van der Waals surface area contributed by atoms with Crippen LogP contribution in [-0.2, 0) is 4.74 Å². The Morgan fingerprint density at radius 2 is 2.22 bits per heavy atom. The molecule has 1 saturated heterocycles. The van der Waals surface area contributed by atoms with Gasteiger partial charge in [-0.05, 0) is 22.0 Å². The Morgan fingerprint density at radius 1 is 1.56 bits per heavy atom. The zero-order valence-electron chi connectivity index (χ0n) is 10.2. The van der Waals surface area contributed by atoms with E-state index in [1.54, 1.807) is 18.1 Å². The highest BCUT2D eigenvalue weighted by atomic mass is 79.9. The number of hydrogen-bond acceptors (Lipinski definition) is 4. The number of ether oxygens (including phenoxy) is 1. The lowest BCUT2D eigenvalue weighted by Gasteiger charge is -2.35. The van der Waals surface area contributed by atoms with Gasteiger partial charge in [-0.3, -0.25) is 0 Å². The Bertz CT molecular complexity index is 425. The third kappa shape index (κ3) is 3.18. The zero-order chi connectivity index (χ0) is 13.2. The van der Waals surface area contributed by atoms with Crippen molar-refractivity contribution in [3.8, 4) is 0 Å². The fourth-order valence-electron chi connectivity index (χ4n) is 2.11. The van der Waals surface area contributed by atoms with Crippen LogP contribution in [0.5, 0.6) is 0 Å². The molecule has 4 nitrogen and oxygen atoms in total. The lowest BCUT2D eigenvalue weighted by Crippen LogP contribution is -2.46. The van der Waals surface area contributed by atoms with Crippen LogP contribution in [0.25, 0.3) is 0 Å². The first kappa shape index (κ1) is 13.7. The third-order valence-electron chi connectivity index (χ3n) is 3.10. The number of halogens is 2. The SMILES string of the molecule is CN(CC1(O)CCOCC1)c1ncc(Br)cc1F. The number of aliphatic hydroxyl groups is 1. The molecular formula is C12H16BrFN2O2. The number of pyridine rings is 1. The molecule has 100 valence electrons. The second kappa shape index (κ2) is 5.50. The molecule has 0 atom stereocenters. The van der Waals surface area contributed by atoms with Crippen molar-refractivity contribution >= 4 is 21.7 Å². The van der Waals surface area contributed by atoms with Crippen LogP contribution in [0.15, 0.2) is 16.7 Å². The molecule has 1 aliphatic heterocycles. The molecular weight excluding hydrogens is 303 g/mol. The highest BCUT2D eigenvalue weighted by molar-refractivity contribution is 9.10. The first-order valence-corrected chi connectivity index (χ1v) is 6.62. The van der Waals surface area contributed by atoms with Crippen molar-refractivity contribution in [3.05, 3.63) is 22.6 Å². The van der Waals surface area contributed by atoms with E-state index in [0.717, 1.165) is 0 Å². The van der Waals surface area contributed by atoms with Gasteiger partial charge in [0.2, 0.25) is 0 Å². The van der Waals surface area contributed by atoms with Gasteiger partial charge in [-0.25, -0.2) is 9.37 Å². The normalized spacial score (nSPS) is 18.7. The van der Waals surface area contributed by atoms with Crippen molar-refractivity contribution in [2.24, 2.45) is 0 Å². The van der Waals surface area contributed by atoms with Gasteiger partial charge in [-0.1, -0.05) is 0 Å². The Labute approximate surface area is 114 Å². The fourth-order valence-corrected chi connectivity index (χ4v) is 2.42. The van der Waals surface area contributed by atoms with E-state index in [9.17, 15) is 9.50 Å². The van der Waals surface area contributed by atoms with Crippen LogP contribution in [0.1, 0.15) is 12.8 Å². The van der Waals surface area contributed by atoms with Gasteiger partial charge in [0.15, 0.2) is 11.6 Å².